The number of aromatic nitrogens is 2. The van der Waals surface area contributed by atoms with Crippen molar-refractivity contribution in [1.29, 1.82) is 0 Å². The summed E-state index contributed by atoms with van der Waals surface area (Å²) in [6.07, 6.45) is 3.94. The zero-order valence-electron chi connectivity index (χ0n) is 10.1. The fourth-order valence-electron chi connectivity index (χ4n) is 1.56. The topological polar surface area (TPSA) is 47.0 Å². The molecule has 0 bridgehead atoms. The van der Waals surface area contributed by atoms with Crippen molar-refractivity contribution in [1.82, 2.24) is 9.97 Å². The largest absolute Gasteiger partial charge is 0.497 e. The fourth-order valence-corrected chi connectivity index (χ4v) is 1.73. The van der Waals surface area contributed by atoms with E-state index in [2.05, 4.69) is 15.3 Å². The predicted molar refractivity (Wildman–Crippen MR) is 72.2 cm³/mol. The van der Waals surface area contributed by atoms with Gasteiger partial charge in [0.05, 0.1) is 13.3 Å². The van der Waals surface area contributed by atoms with Crippen LogP contribution in [-0.4, -0.2) is 23.6 Å². The van der Waals surface area contributed by atoms with Gasteiger partial charge in [0.1, 0.15) is 22.9 Å². The molecule has 2 rings (SSSR count). The average Bonchev–Trinajstić information content (AvgIpc) is 2.42. The highest BCUT2D eigenvalue weighted by molar-refractivity contribution is 6.32. The molecular formula is C13H14ClN3O. The van der Waals surface area contributed by atoms with Crippen molar-refractivity contribution in [3.8, 4) is 5.75 Å². The average molecular weight is 264 g/mol. The van der Waals surface area contributed by atoms with Crippen molar-refractivity contribution < 1.29 is 4.74 Å². The molecule has 0 atom stereocenters. The van der Waals surface area contributed by atoms with Crippen LogP contribution in [0.4, 0.5) is 5.82 Å². The molecule has 1 aromatic carbocycles. The summed E-state index contributed by atoms with van der Waals surface area (Å²) in [5, 5.41) is 3.71. The van der Waals surface area contributed by atoms with Gasteiger partial charge in [-0.15, -0.1) is 0 Å². The van der Waals surface area contributed by atoms with Crippen LogP contribution in [0, 0.1) is 0 Å². The van der Waals surface area contributed by atoms with E-state index in [4.69, 9.17) is 16.3 Å². The molecule has 0 radical (unpaired) electrons. The Kier molecular flexibility index (Phi) is 4.36. The molecule has 2 aromatic rings. The summed E-state index contributed by atoms with van der Waals surface area (Å²) in [6.45, 7) is 0.767. The number of hydrogen-bond acceptors (Lipinski definition) is 4. The van der Waals surface area contributed by atoms with E-state index < -0.39 is 0 Å². The van der Waals surface area contributed by atoms with Crippen molar-refractivity contribution in [3.05, 3.63) is 47.4 Å². The molecule has 0 amide bonds. The highest BCUT2D eigenvalue weighted by atomic mass is 35.5. The van der Waals surface area contributed by atoms with Gasteiger partial charge in [0.2, 0.25) is 0 Å². The maximum Gasteiger partial charge on any atom is 0.148 e. The molecule has 0 saturated carbocycles. The molecule has 4 nitrogen and oxygen atoms in total. The maximum atomic E-state index is 5.94. The molecule has 1 N–H and O–H groups in total. The van der Waals surface area contributed by atoms with Gasteiger partial charge in [-0.25, -0.2) is 9.97 Å². The lowest BCUT2D eigenvalue weighted by Gasteiger charge is -2.07. The van der Waals surface area contributed by atoms with Crippen LogP contribution in [0.1, 0.15) is 5.56 Å². The molecule has 1 aromatic heterocycles. The van der Waals surface area contributed by atoms with Gasteiger partial charge in [0.15, 0.2) is 0 Å². The Morgan fingerprint density at radius 2 is 2.06 bits per heavy atom. The second-order valence-corrected chi connectivity index (χ2v) is 4.15. The predicted octanol–water partition coefficient (Wildman–Crippen LogP) is 2.79. The van der Waals surface area contributed by atoms with Gasteiger partial charge >= 0.3 is 0 Å². The molecule has 0 spiro atoms. The standard InChI is InChI=1S/C13H14ClN3O/c1-18-11-4-2-10(3-5-11)6-7-16-13-12(14)8-15-9-17-13/h2-5,8-9H,6-7H2,1H3,(H,15,16,17). The smallest absolute Gasteiger partial charge is 0.148 e. The second-order valence-electron chi connectivity index (χ2n) is 3.74. The number of anilines is 1. The monoisotopic (exact) mass is 263 g/mol. The van der Waals surface area contributed by atoms with Crippen LogP contribution in [0.5, 0.6) is 5.75 Å². The second kappa shape index (κ2) is 6.21. The van der Waals surface area contributed by atoms with E-state index in [-0.39, 0.29) is 0 Å². The lowest BCUT2D eigenvalue weighted by Crippen LogP contribution is -2.06. The maximum absolute atomic E-state index is 5.94. The van der Waals surface area contributed by atoms with Gasteiger partial charge in [-0.05, 0) is 24.1 Å². The Bertz CT molecular complexity index is 502. The van der Waals surface area contributed by atoms with Crippen LogP contribution in [0.2, 0.25) is 5.02 Å². The number of benzene rings is 1. The molecule has 1 heterocycles. The minimum Gasteiger partial charge on any atom is -0.497 e. The first-order valence-electron chi connectivity index (χ1n) is 5.62. The Balaban J connectivity index is 1.86. The van der Waals surface area contributed by atoms with Crippen molar-refractivity contribution in [2.24, 2.45) is 0 Å². The van der Waals surface area contributed by atoms with Gasteiger partial charge in [0, 0.05) is 6.54 Å². The Hall–Kier alpha value is -1.81. The third-order valence-electron chi connectivity index (χ3n) is 2.53. The number of methoxy groups -OCH3 is 1. The van der Waals surface area contributed by atoms with Crippen molar-refractivity contribution in [2.45, 2.75) is 6.42 Å². The molecule has 0 fully saturated rings. The molecule has 0 aliphatic carbocycles. The lowest BCUT2D eigenvalue weighted by molar-refractivity contribution is 0.414. The zero-order valence-corrected chi connectivity index (χ0v) is 10.8. The van der Waals surface area contributed by atoms with Crippen molar-refractivity contribution in [2.75, 3.05) is 19.0 Å². The molecular weight excluding hydrogens is 250 g/mol. The lowest BCUT2D eigenvalue weighted by atomic mass is 10.1. The number of nitrogens with zero attached hydrogens (tertiary/aromatic N) is 2. The first-order chi connectivity index (χ1) is 8.79. The van der Waals surface area contributed by atoms with Crippen LogP contribution in [0.25, 0.3) is 0 Å². The Morgan fingerprint density at radius 1 is 1.28 bits per heavy atom. The van der Waals surface area contributed by atoms with Gasteiger partial charge < -0.3 is 10.1 Å². The van der Waals surface area contributed by atoms with Crippen LogP contribution in [0.3, 0.4) is 0 Å². The first kappa shape index (κ1) is 12.6. The summed E-state index contributed by atoms with van der Waals surface area (Å²) in [6, 6.07) is 7.99. The zero-order chi connectivity index (χ0) is 12.8. The minimum atomic E-state index is 0.534. The fraction of sp³-hybridized carbons (Fsp3) is 0.231. The Labute approximate surface area is 111 Å². The normalized spacial score (nSPS) is 10.1. The van der Waals surface area contributed by atoms with Gasteiger partial charge in [0.25, 0.3) is 0 Å². The van der Waals surface area contributed by atoms with Crippen molar-refractivity contribution in [3.63, 3.8) is 0 Å². The summed E-state index contributed by atoms with van der Waals surface area (Å²) in [4.78, 5) is 7.90. The van der Waals surface area contributed by atoms with E-state index in [0.717, 1.165) is 18.7 Å². The summed E-state index contributed by atoms with van der Waals surface area (Å²) in [5.74, 6) is 1.53. The van der Waals surface area contributed by atoms with E-state index in [0.29, 0.717) is 10.8 Å². The SMILES string of the molecule is COc1ccc(CCNc2ncncc2Cl)cc1. The number of nitrogens with one attached hydrogen (secondary N) is 1. The molecule has 0 saturated heterocycles. The molecule has 18 heavy (non-hydrogen) atoms. The number of halogens is 1. The summed E-state index contributed by atoms with van der Waals surface area (Å²) in [5.41, 5.74) is 1.23. The van der Waals surface area contributed by atoms with E-state index in [9.17, 15) is 0 Å². The van der Waals surface area contributed by atoms with Crippen molar-refractivity contribution >= 4 is 17.4 Å². The summed E-state index contributed by atoms with van der Waals surface area (Å²) < 4.78 is 5.11. The molecule has 0 aliphatic rings. The highest BCUT2D eigenvalue weighted by Gasteiger charge is 2.00. The van der Waals surface area contributed by atoms with Gasteiger partial charge in [-0.1, -0.05) is 23.7 Å². The molecule has 0 unspecified atom stereocenters. The van der Waals surface area contributed by atoms with E-state index >= 15 is 0 Å². The summed E-state index contributed by atoms with van der Waals surface area (Å²) >= 11 is 5.94. The molecule has 5 heteroatoms. The Morgan fingerprint density at radius 3 is 2.72 bits per heavy atom. The number of rotatable bonds is 5. The van der Waals surface area contributed by atoms with Crippen LogP contribution in [0.15, 0.2) is 36.8 Å². The third kappa shape index (κ3) is 3.34. The van der Waals surface area contributed by atoms with E-state index in [1.165, 1.54) is 11.9 Å². The van der Waals surface area contributed by atoms with E-state index in [1.807, 2.05) is 24.3 Å². The molecule has 94 valence electrons. The minimum absolute atomic E-state index is 0.534. The van der Waals surface area contributed by atoms with Crippen LogP contribution < -0.4 is 10.1 Å². The van der Waals surface area contributed by atoms with Crippen LogP contribution >= 0.6 is 11.6 Å². The molecule has 0 aliphatic heterocycles. The van der Waals surface area contributed by atoms with E-state index in [1.54, 1.807) is 13.3 Å². The number of ether oxygens (including phenoxy) is 1. The first-order valence-corrected chi connectivity index (χ1v) is 5.99. The highest BCUT2D eigenvalue weighted by Crippen LogP contribution is 2.16. The van der Waals surface area contributed by atoms with Crippen LogP contribution in [-0.2, 0) is 6.42 Å². The van der Waals surface area contributed by atoms with Gasteiger partial charge in [-0.3, -0.25) is 0 Å². The van der Waals surface area contributed by atoms with Gasteiger partial charge in [-0.2, -0.15) is 0 Å². The number of hydrogen-bond donors (Lipinski definition) is 1. The third-order valence-corrected chi connectivity index (χ3v) is 2.81. The summed E-state index contributed by atoms with van der Waals surface area (Å²) in [7, 11) is 1.66. The quantitative estimate of drug-likeness (QED) is 0.901.